The van der Waals surface area contributed by atoms with Crippen molar-refractivity contribution in [2.24, 2.45) is 23.5 Å². The van der Waals surface area contributed by atoms with E-state index in [1.807, 2.05) is 13.8 Å². The molecule has 0 spiro atoms. The third kappa shape index (κ3) is 3.43. The number of carbonyl (C=O) groups is 2. The molecule has 0 saturated carbocycles. The number of hydrogen-bond donors (Lipinski definition) is 2. The zero-order chi connectivity index (χ0) is 13.2. The molecule has 1 saturated heterocycles. The summed E-state index contributed by atoms with van der Waals surface area (Å²) < 4.78 is 0. The van der Waals surface area contributed by atoms with Gasteiger partial charge in [0.1, 0.15) is 0 Å². The maximum Gasteiger partial charge on any atom is 0.306 e. The highest BCUT2D eigenvalue weighted by Crippen LogP contribution is 2.25. The Hall–Kier alpha value is -1.10. The molecule has 1 rings (SSSR count). The van der Waals surface area contributed by atoms with Crippen molar-refractivity contribution < 1.29 is 14.7 Å². The highest BCUT2D eigenvalue weighted by atomic mass is 16.4. The number of nitrogens with two attached hydrogens (primary N) is 1. The fourth-order valence-corrected chi connectivity index (χ4v) is 2.05. The summed E-state index contributed by atoms with van der Waals surface area (Å²) in [5.74, 6) is -0.770. The van der Waals surface area contributed by atoms with E-state index in [0.29, 0.717) is 25.4 Å². The molecule has 0 aromatic rings. The number of rotatable bonds is 5. The SMILES string of the molecule is CC(C)C[C@@H](N)C(=O)N1CC(C(C)C(=O)O)C1. The van der Waals surface area contributed by atoms with Crippen LogP contribution in [0.25, 0.3) is 0 Å². The van der Waals surface area contributed by atoms with Gasteiger partial charge >= 0.3 is 5.97 Å². The monoisotopic (exact) mass is 242 g/mol. The zero-order valence-corrected chi connectivity index (χ0v) is 10.7. The van der Waals surface area contributed by atoms with Crippen molar-refractivity contribution in [2.75, 3.05) is 13.1 Å². The van der Waals surface area contributed by atoms with Gasteiger partial charge in [-0.05, 0) is 12.3 Å². The topological polar surface area (TPSA) is 83.6 Å². The first-order valence-electron chi connectivity index (χ1n) is 6.10. The van der Waals surface area contributed by atoms with E-state index in [1.54, 1.807) is 11.8 Å². The summed E-state index contributed by atoms with van der Waals surface area (Å²) in [5.41, 5.74) is 5.80. The molecule has 1 heterocycles. The number of carboxylic acids is 1. The van der Waals surface area contributed by atoms with Crippen LogP contribution in [-0.4, -0.2) is 41.0 Å². The third-order valence-electron chi connectivity index (χ3n) is 3.36. The molecular weight excluding hydrogens is 220 g/mol. The number of carboxylic acid groups (broad SMARTS) is 1. The highest BCUT2D eigenvalue weighted by molar-refractivity contribution is 5.82. The van der Waals surface area contributed by atoms with Crippen molar-refractivity contribution in [2.45, 2.75) is 33.2 Å². The lowest BCUT2D eigenvalue weighted by atomic mass is 9.86. The normalized spacial score (nSPS) is 19.9. The van der Waals surface area contributed by atoms with Gasteiger partial charge in [-0.25, -0.2) is 0 Å². The smallest absolute Gasteiger partial charge is 0.306 e. The van der Waals surface area contributed by atoms with Crippen LogP contribution in [0.1, 0.15) is 27.2 Å². The molecule has 0 aromatic carbocycles. The van der Waals surface area contributed by atoms with Crippen LogP contribution in [0.3, 0.4) is 0 Å². The Kier molecular flexibility index (Phi) is 4.51. The van der Waals surface area contributed by atoms with Gasteiger partial charge < -0.3 is 15.7 Å². The van der Waals surface area contributed by atoms with Crippen LogP contribution in [0.15, 0.2) is 0 Å². The van der Waals surface area contributed by atoms with E-state index in [1.165, 1.54) is 0 Å². The molecule has 2 atom stereocenters. The van der Waals surface area contributed by atoms with E-state index in [-0.39, 0.29) is 17.7 Å². The Labute approximate surface area is 102 Å². The molecule has 3 N–H and O–H groups in total. The largest absolute Gasteiger partial charge is 0.481 e. The Morgan fingerprint density at radius 3 is 2.29 bits per heavy atom. The maximum atomic E-state index is 11.9. The number of nitrogens with zero attached hydrogens (tertiary/aromatic N) is 1. The minimum atomic E-state index is -0.798. The standard InChI is InChI=1S/C12H22N2O3/c1-7(2)4-10(13)11(15)14-5-9(6-14)8(3)12(16)17/h7-10H,4-6,13H2,1-3H3,(H,16,17)/t8?,10-/m1/s1. The number of likely N-dealkylation sites (tertiary alicyclic amines) is 1. The number of hydrogen-bond acceptors (Lipinski definition) is 3. The second-order valence-corrected chi connectivity index (χ2v) is 5.37. The van der Waals surface area contributed by atoms with Crippen molar-refractivity contribution >= 4 is 11.9 Å². The first-order chi connectivity index (χ1) is 7.82. The molecule has 5 heteroatoms. The lowest BCUT2D eigenvalue weighted by molar-refractivity contribution is -0.151. The second kappa shape index (κ2) is 5.49. The molecule has 0 aromatic heterocycles. The van der Waals surface area contributed by atoms with Gasteiger partial charge in [-0.15, -0.1) is 0 Å². The van der Waals surface area contributed by atoms with Crippen molar-refractivity contribution in [1.82, 2.24) is 4.90 Å². The first-order valence-corrected chi connectivity index (χ1v) is 6.10. The van der Waals surface area contributed by atoms with E-state index >= 15 is 0 Å². The summed E-state index contributed by atoms with van der Waals surface area (Å²) in [6.45, 7) is 6.79. The number of amides is 1. The number of carbonyl (C=O) groups excluding carboxylic acids is 1. The van der Waals surface area contributed by atoms with Gasteiger partial charge in [0.15, 0.2) is 0 Å². The van der Waals surface area contributed by atoms with Gasteiger partial charge in [-0.2, -0.15) is 0 Å². The fraction of sp³-hybridized carbons (Fsp3) is 0.833. The molecule has 0 bridgehead atoms. The average Bonchev–Trinajstić information content (AvgIpc) is 2.13. The lowest BCUT2D eigenvalue weighted by Gasteiger charge is -2.42. The summed E-state index contributed by atoms with van der Waals surface area (Å²) in [6, 6.07) is -0.448. The van der Waals surface area contributed by atoms with E-state index in [0.717, 1.165) is 0 Å². The molecule has 5 nitrogen and oxygen atoms in total. The minimum absolute atomic E-state index is 0.0486. The van der Waals surface area contributed by atoms with Crippen molar-refractivity contribution in [3.8, 4) is 0 Å². The van der Waals surface area contributed by atoms with E-state index in [9.17, 15) is 9.59 Å². The molecule has 0 radical (unpaired) electrons. The summed E-state index contributed by atoms with van der Waals surface area (Å²) >= 11 is 0. The van der Waals surface area contributed by atoms with Crippen molar-refractivity contribution in [1.29, 1.82) is 0 Å². The van der Waals surface area contributed by atoms with Gasteiger partial charge in [0.2, 0.25) is 5.91 Å². The van der Waals surface area contributed by atoms with Gasteiger partial charge in [-0.1, -0.05) is 20.8 Å². The van der Waals surface area contributed by atoms with Gasteiger partial charge in [0, 0.05) is 19.0 Å². The van der Waals surface area contributed by atoms with Crippen LogP contribution in [0.2, 0.25) is 0 Å². The molecule has 17 heavy (non-hydrogen) atoms. The predicted octanol–water partition coefficient (Wildman–Crippen LogP) is 0.539. The van der Waals surface area contributed by atoms with E-state index in [2.05, 4.69) is 0 Å². The fourth-order valence-electron chi connectivity index (χ4n) is 2.05. The van der Waals surface area contributed by atoms with Gasteiger partial charge in [0.05, 0.1) is 12.0 Å². The van der Waals surface area contributed by atoms with E-state index < -0.39 is 12.0 Å². The Balaban J connectivity index is 2.37. The van der Waals surface area contributed by atoms with Gasteiger partial charge in [-0.3, -0.25) is 9.59 Å². The zero-order valence-electron chi connectivity index (χ0n) is 10.7. The molecule has 0 aliphatic carbocycles. The Bertz CT molecular complexity index is 298. The lowest BCUT2D eigenvalue weighted by Crippen LogP contribution is -2.57. The summed E-state index contributed by atoms with van der Waals surface area (Å²) in [7, 11) is 0. The number of aliphatic carboxylic acids is 1. The molecular formula is C12H22N2O3. The molecule has 1 amide bonds. The van der Waals surface area contributed by atoms with E-state index in [4.69, 9.17) is 10.8 Å². The van der Waals surface area contributed by atoms with Crippen LogP contribution in [0.5, 0.6) is 0 Å². The summed E-state index contributed by atoms with van der Waals surface area (Å²) in [5, 5.41) is 8.84. The van der Waals surface area contributed by atoms with Crippen molar-refractivity contribution in [3.05, 3.63) is 0 Å². The molecule has 1 aliphatic heterocycles. The quantitative estimate of drug-likeness (QED) is 0.737. The molecule has 1 aliphatic rings. The maximum absolute atomic E-state index is 11.9. The average molecular weight is 242 g/mol. The van der Waals surface area contributed by atoms with Gasteiger partial charge in [0.25, 0.3) is 0 Å². The third-order valence-corrected chi connectivity index (χ3v) is 3.36. The predicted molar refractivity (Wildman–Crippen MR) is 64.3 cm³/mol. The van der Waals surface area contributed by atoms with Crippen LogP contribution >= 0.6 is 0 Å². The highest BCUT2D eigenvalue weighted by Gasteiger charge is 2.38. The van der Waals surface area contributed by atoms with Crippen molar-refractivity contribution in [3.63, 3.8) is 0 Å². The second-order valence-electron chi connectivity index (χ2n) is 5.37. The first kappa shape index (κ1) is 14.0. The Morgan fingerprint density at radius 2 is 1.88 bits per heavy atom. The molecule has 1 fully saturated rings. The molecule has 98 valence electrons. The minimum Gasteiger partial charge on any atom is -0.481 e. The van der Waals surface area contributed by atoms with Crippen LogP contribution in [0.4, 0.5) is 0 Å². The summed E-state index contributed by atoms with van der Waals surface area (Å²) in [6.07, 6.45) is 0.675. The Morgan fingerprint density at radius 1 is 1.35 bits per heavy atom. The van der Waals surface area contributed by atoms with Crippen LogP contribution < -0.4 is 5.73 Å². The molecule has 1 unspecified atom stereocenters. The van der Waals surface area contributed by atoms with Crippen LogP contribution in [-0.2, 0) is 9.59 Å². The van der Waals surface area contributed by atoms with Crippen LogP contribution in [0, 0.1) is 17.8 Å². The summed E-state index contributed by atoms with van der Waals surface area (Å²) in [4.78, 5) is 24.3.